The molecule has 0 unspecified atom stereocenters. The van der Waals surface area contributed by atoms with E-state index >= 15 is 0 Å². The predicted molar refractivity (Wildman–Crippen MR) is 127 cm³/mol. The summed E-state index contributed by atoms with van der Waals surface area (Å²) < 4.78 is 0. The number of rotatable bonds is 5. The van der Waals surface area contributed by atoms with E-state index in [1.54, 1.807) is 0 Å². The molecule has 1 nitrogen and oxygen atoms in total. The molecule has 168 valence electrons. The Balaban J connectivity index is 1.52. The fraction of sp³-hybridized carbons (Fsp3) is 0.828. The van der Waals surface area contributed by atoms with Crippen molar-refractivity contribution < 1.29 is 4.79 Å². The fourth-order valence-electron chi connectivity index (χ4n) is 8.75. The normalized spacial score (nSPS) is 43.2. The highest BCUT2D eigenvalue weighted by Gasteiger charge is 2.59. The van der Waals surface area contributed by atoms with Gasteiger partial charge >= 0.3 is 0 Å². The van der Waals surface area contributed by atoms with E-state index in [9.17, 15) is 4.79 Å². The van der Waals surface area contributed by atoms with E-state index in [0.29, 0.717) is 22.5 Å². The van der Waals surface area contributed by atoms with Gasteiger partial charge < -0.3 is 0 Å². The standard InChI is InChI=1S/C29H46O/c1-7-21(19(2)3)9-8-20(4)25-12-13-26-24-11-10-22-18-23(30)14-16-28(22,5)27(24)15-17-29(25,26)6/h8-9,18-21,24-27H,7,10-17H2,1-6H3/b9-8+/t20-,21+,24+,25-,26+,27-,28+,29-/m1/s1. The number of allylic oxidation sites excluding steroid dienone is 3. The molecular formula is C29H46O. The molecule has 0 bridgehead atoms. The molecule has 30 heavy (non-hydrogen) atoms. The highest BCUT2D eigenvalue weighted by molar-refractivity contribution is 5.91. The second kappa shape index (κ2) is 8.25. The molecule has 0 amide bonds. The summed E-state index contributed by atoms with van der Waals surface area (Å²) in [6.07, 6.45) is 18.5. The van der Waals surface area contributed by atoms with Crippen LogP contribution in [0.5, 0.6) is 0 Å². The average Bonchev–Trinajstić information content (AvgIpc) is 3.06. The minimum absolute atomic E-state index is 0.313. The maximum Gasteiger partial charge on any atom is 0.155 e. The van der Waals surface area contributed by atoms with Crippen LogP contribution in [-0.2, 0) is 4.79 Å². The van der Waals surface area contributed by atoms with Crippen molar-refractivity contribution in [2.75, 3.05) is 0 Å². The van der Waals surface area contributed by atoms with Gasteiger partial charge in [-0.05, 0) is 110 Å². The van der Waals surface area contributed by atoms with Gasteiger partial charge in [-0.3, -0.25) is 4.79 Å². The number of ketones is 1. The van der Waals surface area contributed by atoms with Crippen LogP contribution in [0.15, 0.2) is 23.8 Å². The summed E-state index contributed by atoms with van der Waals surface area (Å²) in [4.78, 5) is 12.1. The van der Waals surface area contributed by atoms with Crippen LogP contribution >= 0.6 is 0 Å². The maximum atomic E-state index is 12.1. The van der Waals surface area contributed by atoms with Crippen molar-refractivity contribution in [3.8, 4) is 0 Å². The first-order chi connectivity index (χ1) is 14.2. The van der Waals surface area contributed by atoms with Gasteiger partial charge in [-0.2, -0.15) is 0 Å². The minimum Gasteiger partial charge on any atom is -0.295 e. The lowest BCUT2D eigenvalue weighted by molar-refractivity contribution is -0.117. The number of hydrogen-bond donors (Lipinski definition) is 0. The number of hydrogen-bond acceptors (Lipinski definition) is 1. The molecule has 0 aromatic carbocycles. The smallest absolute Gasteiger partial charge is 0.155 e. The Hall–Kier alpha value is -0.850. The molecule has 8 atom stereocenters. The molecule has 0 aromatic rings. The molecule has 4 rings (SSSR count). The van der Waals surface area contributed by atoms with Gasteiger partial charge in [0.2, 0.25) is 0 Å². The lowest BCUT2D eigenvalue weighted by Crippen LogP contribution is -2.50. The molecule has 3 saturated carbocycles. The molecule has 0 saturated heterocycles. The van der Waals surface area contributed by atoms with E-state index in [-0.39, 0.29) is 0 Å². The molecule has 3 fully saturated rings. The van der Waals surface area contributed by atoms with Gasteiger partial charge in [0.25, 0.3) is 0 Å². The monoisotopic (exact) mass is 410 g/mol. The van der Waals surface area contributed by atoms with Crippen molar-refractivity contribution in [3.63, 3.8) is 0 Å². The first kappa shape index (κ1) is 22.3. The molecule has 4 aliphatic carbocycles. The van der Waals surface area contributed by atoms with E-state index in [0.717, 1.165) is 48.3 Å². The van der Waals surface area contributed by atoms with Crippen molar-refractivity contribution in [1.82, 2.24) is 0 Å². The van der Waals surface area contributed by atoms with E-state index in [4.69, 9.17) is 0 Å². The van der Waals surface area contributed by atoms with Crippen molar-refractivity contribution >= 4 is 5.78 Å². The van der Waals surface area contributed by atoms with Crippen LogP contribution in [0.2, 0.25) is 0 Å². The highest BCUT2D eigenvalue weighted by atomic mass is 16.1. The van der Waals surface area contributed by atoms with E-state index in [2.05, 4.69) is 59.8 Å². The molecule has 0 aromatic heterocycles. The van der Waals surface area contributed by atoms with Crippen LogP contribution in [0, 0.1) is 52.3 Å². The van der Waals surface area contributed by atoms with Crippen LogP contribution in [0.4, 0.5) is 0 Å². The molecule has 1 heteroatoms. The summed E-state index contributed by atoms with van der Waals surface area (Å²) in [6, 6.07) is 0. The molecule has 0 N–H and O–H groups in total. The quantitative estimate of drug-likeness (QED) is 0.419. The average molecular weight is 411 g/mol. The Bertz CT molecular complexity index is 714. The summed E-state index contributed by atoms with van der Waals surface area (Å²) in [5.74, 6) is 6.01. The lowest BCUT2D eigenvalue weighted by atomic mass is 9.46. The van der Waals surface area contributed by atoms with Crippen molar-refractivity contribution in [1.29, 1.82) is 0 Å². The molecule has 4 aliphatic rings. The van der Waals surface area contributed by atoms with Gasteiger partial charge in [0.1, 0.15) is 0 Å². The minimum atomic E-state index is 0.313. The van der Waals surface area contributed by atoms with Gasteiger partial charge in [0, 0.05) is 6.42 Å². The van der Waals surface area contributed by atoms with Crippen molar-refractivity contribution in [2.24, 2.45) is 52.3 Å². The largest absolute Gasteiger partial charge is 0.295 e. The SMILES string of the molecule is CC[C@@H](/C=C/[C@@H](C)[C@H]1CC[C@H]2[C@@H]3CCC4=CC(=O)CC[C@]4(C)[C@@H]3CC[C@]12C)C(C)C. The first-order valence-corrected chi connectivity index (χ1v) is 13.1. The second-order valence-corrected chi connectivity index (χ2v) is 12.3. The third-order valence-electron chi connectivity index (χ3n) is 10.7. The lowest BCUT2D eigenvalue weighted by Gasteiger charge is -2.58. The summed E-state index contributed by atoms with van der Waals surface area (Å²) in [5, 5.41) is 0. The third kappa shape index (κ3) is 3.57. The molecule has 0 aliphatic heterocycles. The number of carbonyl (C=O) groups excluding carboxylic acids is 1. The zero-order valence-electron chi connectivity index (χ0n) is 20.5. The number of fused-ring (bicyclic) bond motifs is 5. The molecular weight excluding hydrogens is 364 g/mol. The van der Waals surface area contributed by atoms with Gasteiger partial charge in [-0.15, -0.1) is 0 Å². The third-order valence-corrected chi connectivity index (χ3v) is 10.7. The van der Waals surface area contributed by atoms with Crippen LogP contribution < -0.4 is 0 Å². The zero-order chi connectivity index (χ0) is 21.7. The van der Waals surface area contributed by atoms with Crippen LogP contribution in [0.3, 0.4) is 0 Å². The van der Waals surface area contributed by atoms with Gasteiger partial charge in [0.15, 0.2) is 5.78 Å². The number of carbonyl (C=O) groups is 1. The Labute approximate surface area is 186 Å². The fourth-order valence-corrected chi connectivity index (χ4v) is 8.75. The van der Waals surface area contributed by atoms with Crippen molar-refractivity contribution in [2.45, 2.75) is 99.3 Å². The Morgan fingerprint density at radius 2 is 1.77 bits per heavy atom. The molecule has 0 spiro atoms. The summed E-state index contributed by atoms with van der Waals surface area (Å²) in [5.41, 5.74) is 2.34. The van der Waals surface area contributed by atoms with E-state index in [1.807, 2.05) is 0 Å². The van der Waals surface area contributed by atoms with E-state index < -0.39 is 0 Å². The summed E-state index contributed by atoms with van der Waals surface area (Å²) in [6.45, 7) is 14.7. The van der Waals surface area contributed by atoms with Gasteiger partial charge in [0.05, 0.1) is 0 Å². The highest BCUT2D eigenvalue weighted by Crippen LogP contribution is 2.67. The van der Waals surface area contributed by atoms with Crippen molar-refractivity contribution in [3.05, 3.63) is 23.8 Å². The van der Waals surface area contributed by atoms with Crippen LogP contribution in [0.25, 0.3) is 0 Å². The Morgan fingerprint density at radius 1 is 1.00 bits per heavy atom. The van der Waals surface area contributed by atoms with Gasteiger partial charge in [-0.25, -0.2) is 0 Å². The Kier molecular flexibility index (Phi) is 6.15. The maximum absolute atomic E-state index is 12.1. The van der Waals surface area contributed by atoms with Gasteiger partial charge in [-0.1, -0.05) is 59.3 Å². The van der Waals surface area contributed by atoms with Crippen LogP contribution in [-0.4, -0.2) is 5.78 Å². The predicted octanol–water partition coefficient (Wildman–Crippen LogP) is 8.01. The Morgan fingerprint density at radius 3 is 2.47 bits per heavy atom. The van der Waals surface area contributed by atoms with Crippen LogP contribution in [0.1, 0.15) is 99.3 Å². The summed E-state index contributed by atoms with van der Waals surface area (Å²) in [7, 11) is 0. The zero-order valence-corrected chi connectivity index (χ0v) is 20.5. The topological polar surface area (TPSA) is 17.1 Å². The second-order valence-electron chi connectivity index (χ2n) is 12.3. The first-order valence-electron chi connectivity index (χ1n) is 13.1. The molecule has 0 radical (unpaired) electrons. The van der Waals surface area contributed by atoms with E-state index in [1.165, 1.54) is 50.5 Å². The summed E-state index contributed by atoms with van der Waals surface area (Å²) >= 11 is 0. The molecule has 0 heterocycles.